The number of pyridine rings is 1. The number of rotatable bonds is 3. The Hall–Kier alpha value is -2.83. The van der Waals surface area contributed by atoms with Gasteiger partial charge >= 0.3 is 0 Å². The normalized spacial score (nSPS) is 21.8. The molecule has 3 fully saturated rings. The summed E-state index contributed by atoms with van der Waals surface area (Å²) >= 11 is 0. The fourth-order valence-corrected chi connectivity index (χ4v) is 4.04. The van der Waals surface area contributed by atoms with Crippen molar-refractivity contribution in [2.75, 3.05) is 19.6 Å². The van der Waals surface area contributed by atoms with Gasteiger partial charge in [0.2, 0.25) is 0 Å². The molecule has 140 valence electrons. The van der Waals surface area contributed by atoms with Gasteiger partial charge in [-0.15, -0.1) is 0 Å². The Morgan fingerprint density at radius 1 is 1.07 bits per heavy atom. The van der Waals surface area contributed by atoms with Crippen molar-refractivity contribution in [2.24, 2.45) is 5.92 Å². The highest BCUT2D eigenvalue weighted by molar-refractivity contribution is 5.95. The van der Waals surface area contributed by atoms with Crippen molar-refractivity contribution in [3.05, 3.63) is 53.9 Å². The summed E-state index contributed by atoms with van der Waals surface area (Å²) in [5, 5.41) is 0. The van der Waals surface area contributed by atoms with E-state index in [-0.39, 0.29) is 17.9 Å². The summed E-state index contributed by atoms with van der Waals surface area (Å²) in [6.07, 6.45) is 9.05. The average Bonchev–Trinajstić information content (AvgIpc) is 3.05. The number of carbonyl (C=O) groups is 2. The van der Waals surface area contributed by atoms with E-state index < -0.39 is 0 Å². The highest BCUT2D eigenvalue weighted by Gasteiger charge is 2.39. The number of hydrogen-bond donors (Lipinski definition) is 0. The van der Waals surface area contributed by atoms with Gasteiger partial charge < -0.3 is 9.80 Å². The number of hydrogen-bond acceptors (Lipinski definition) is 5. The summed E-state index contributed by atoms with van der Waals surface area (Å²) in [4.78, 5) is 42.1. The van der Waals surface area contributed by atoms with Crippen molar-refractivity contribution in [1.82, 2.24) is 24.8 Å². The van der Waals surface area contributed by atoms with Crippen LogP contribution in [0.4, 0.5) is 0 Å². The Balaban J connectivity index is 1.54. The topological polar surface area (TPSA) is 79.3 Å². The Morgan fingerprint density at radius 3 is 2.74 bits per heavy atom. The zero-order valence-corrected chi connectivity index (χ0v) is 15.4. The molecular weight excluding hydrogens is 342 g/mol. The number of aryl methyl sites for hydroxylation is 1. The molecule has 0 saturated carbocycles. The third kappa shape index (κ3) is 3.54. The lowest BCUT2D eigenvalue weighted by atomic mass is 9.94. The summed E-state index contributed by atoms with van der Waals surface area (Å²) in [5.41, 5.74) is 1.96. The summed E-state index contributed by atoms with van der Waals surface area (Å²) in [7, 11) is 0. The smallest absolute Gasteiger partial charge is 0.274 e. The van der Waals surface area contributed by atoms with Crippen LogP contribution in [-0.2, 0) is 6.42 Å². The van der Waals surface area contributed by atoms with Gasteiger partial charge in [-0.2, -0.15) is 0 Å². The second-order valence-corrected chi connectivity index (χ2v) is 7.24. The molecule has 0 radical (unpaired) electrons. The van der Waals surface area contributed by atoms with E-state index >= 15 is 0 Å². The zero-order chi connectivity index (χ0) is 18.8. The second-order valence-electron chi connectivity index (χ2n) is 7.24. The van der Waals surface area contributed by atoms with Crippen LogP contribution < -0.4 is 0 Å². The first kappa shape index (κ1) is 17.6. The van der Waals surface area contributed by atoms with Crippen molar-refractivity contribution in [1.29, 1.82) is 0 Å². The van der Waals surface area contributed by atoms with E-state index in [1.54, 1.807) is 18.5 Å². The number of carbonyl (C=O) groups excluding carboxylic acids is 2. The molecule has 2 atom stereocenters. The van der Waals surface area contributed by atoms with Crippen LogP contribution in [0.15, 0.2) is 36.9 Å². The third-order valence-electron chi connectivity index (χ3n) is 5.47. The molecule has 0 N–H and O–H groups in total. The van der Waals surface area contributed by atoms with Gasteiger partial charge in [-0.3, -0.25) is 19.6 Å². The molecule has 0 aliphatic carbocycles. The van der Waals surface area contributed by atoms with Crippen molar-refractivity contribution < 1.29 is 9.59 Å². The molecule has 2 bridgehead atoms. The van der Waals surface area contributed by atoms with Gasteiger partial charge in [0.15, 0.2) is 0 Å². The van der Waals surface area contributed by atoms with Crippen LogP contribution in [-0.4, -0.2) is 62.2 Å². The van der Waals surface area contributed by atoms with Crippen LogP contribution in [0.1, 0.15) is 46.3 Å². The number of aromatic nitrogens is 3. The molecule has 2 aromatic rings. The predicted molar refractivity (Wildman–Crippen MR) is 99.1 cm³/mol. The number of fused-ring (bicyclic) bond motifs is 4. The largest absolute Gasteiger partial charge is 0.335 e. The first-order valence-electron chi connectivity index (χ1n) is 9.47. The first-order valence-corrected chi connectivity index (χ1v) is 9.47. The van der Waals surface area contributed by atoms with Gasteiger partial charge in [0, 0.05) is 55.5 Å². The fraction of sp³-hybridized carbons (Fsp3) is 0.450. The molecule has 3 saturated heterocycles. The second kappa shape index (κ2) is 7.42. The SMILES string of the molecule is CCc1cc(C(=O)N2CC3CCC2CN(C(=O)c2cnccn2)C3)ccn1. The van der Waals surface area contributed by atoms with Crippen molar-refractivity contribution in [3.63, 3.8) is 0 Å². The van der Waals surface area contributed by atoms with Gasteiger partial charge in [-0.25, -0.2) is 4.98 Å². The van der Waals surface area contributed by atoms with Gasteiger partial charge in [0.05, 0.1) is 6.20 Å². The zero-order valence-electron chi connectivity index (χ0n) is 15.4. The number of nitrogens with zero attached hydrogens (tertiary/aromatic N) is 5. The predicted octanol–water partition coefficient (Wildman–Crippen LogP) is 1.81. The summed E-state index contributed by atoms with van der Waals surface area (Å²) in [6, 6.07) is 3.70. The van der Waals surface area contributed by atoms with Crippen molar-refractivity contribution >= 4 is 11.8 Å². The molecule has 5 heterocycles. The first-order chi connectivity index (χ1) is 13.2. The molecule has 2 unspecified atom stereocenters. The fourth-order valence-electron chi connectivity index (χ4n) is 4.04. The van der Waals surface area contributed by atoms with E-state index in [1.165, 1.54) is 12.4 Å². The maximum atomic E-state index is 13.1. The highest BCUT2D eigenvalue weighted by Crippen LogP contribution is 2.29. The quantitative estimate of drug-likeness (QED) is 0.829. The van der Waals surface area contributed by atoms with E-state index in [4.69, 9.17) is 0 Å². The van der Waals surface area contributed by atoms with Crippen LogP contribution in [0.3, 0.4) is 0 Å². The van der Waals surface area contributed by atoms with Gasteiger partial charge in [0.25, 0.3) is 11.8 Å². The minimum absolute atomic E-state index is 0.0371. The standard InChI is InChI=1S/C20H23N5O2/c1-2-16-9-15(5-6-22-16)19(26)25-12-14-3-4-17(25)13-24(11-14)20(27)18-10-21-7-8-23-18/h5-10,14,17H,2-4,11-13H2,1H3. The molecule has 7 nitrogen and oxygen atoms in total. The van der Waals surface area contributed by atoms with Crippen molar-refractivity contribution in [2.45, 2.75) is 32.2 Å². The van der Waals surface area contributed by atoms with Gasteiger partial charge in [0.1, 0.15) is 5.69 Å². The van der Waals surface area contributed by atoms with Crippen LogP contribution in [0.5, 0.6) is 0 Å². The van der Waals surface area contributed by atoms with Crippen LogP contribution in [0.25, 0.3) is 0 Å². The molecule has 27 heavy (non-hydrogen) atoms. The monoisotopic (exact) mass is 365 g/mol. The molecule has 3 aliphatic heterocycles. The van der Waals surface area contributed by atoms with E-state index in [1.807, 2.05) is 22.8 Å². The Morgan fingerprint density at radius 2 is 1.96 bits per heavy atom. The van der Waals surface area contributed by atoms with Crippen LogP contribution >= 0.6 is 0 Å². The van der Waals surface area contributed by atoms with Gasteiger partial charge in [-0.05, 0) is 37.3 Å². The lowest BCUT2D eigenvalue weighted by molar-refractivity contribution is 0.0573. The maximum absolute atomic E-state index is 13.1. The lowest BCUT2D eigenvalue weighted by Crippen LogP contribution is -2.47. The van der Waals surface area contributed by atoms with E-state index in [9.17, 15) is 9.59 Å². The number of piperidine rings is 1. The minimum Gasteiger partial charge on any atom is -0.335 e. The summed E-state index contributed by atoms with van der Waals surface area (Å²) in [6.45, 7) is 3.92. The molecular formula is C20H23N5O2. The van der Waals surface area contributed by atoms with Crippen LogP contribution in [0.2, 0.25) is 0 Å². The molecule has 0 spiro atoms. The number of amides is 2. The van der Waals surface area contributed by atoms with Gasteiger partial charge in [-0.1, -0.05) is 6.92 Å². The van der Waals surface area contributed by atoms with E-state index in [0.717, 1.165) is 25.0 Å². The van der Waals surface area contributed by atoms with Crippen LogP contribution in [0, 0.1) is 5.92 Å². The van der Waals surface area contributed by atoms with Crippen molar-refractivity contribution in [3.8, 4) is 0 Å². The molecule has 2 aromatic heterocycles. The average molecular weight is 365 g/mol. The lowest BCUT2D eigenvalue weighted by Gasteiger charge is -2.36. The minimum atomic E-state index is -0.105. The molecule has 7 heteroatoms. The molecule has 0 aromatic carbocycles. The maximum Gasteiger partial charge on any atom is 0.274 e. The Labute approximate surface area is 158 Å². The summed E-state index contributed by atoms with van der Waals surface area (Å²) in [5.74, 6) is 0.225. The van der Waals surface area contributed by atoms with E-state index in [2.05, 4.69) is 15.0 Å². The third-order valence-corrected chi connectivity index (χ3v) is 5.47. The molecule has 3 aliphatic rings. The highest BCUT2D eigenvalue weighted by atomic mass is 16.2. The Kier molecular flexibility index (Phi) is 4.83. The molecule has 2 amide bonds. The molecule has 5 rings (SSSR count). The Bertz CT molecular complexity index is 841. The summed E-state index contributed by atoms with van der Waals surface area (Å²) < 4.78 is 0. The van der Waals surface area contributed by atoms with E-state index in [0.29, 0.717) is 36.8 Å².